The Hall–Kier alpha value is -1.39. The zero-order chi connectivity index (χ0) is 13.0. The molecular formula is C14H21N3O. The summed E-state index contributed by atoms with van der Waals surface area (Å²) in [5.41, 5.74) is 7.37. The molecule has 1 saturated heterocycles. The van der Waals surface area contributed by atoms with Crippen molar-refractivity contribution in [2.75, 3.05) is 33.2 Å². The number of nitrogens with two attached hydrogens (primary N) is 1. The number of nitrogens with zero attached hydrogens (tertiary/aromatic N) is 2. The molecule has 0 atom stereocenters. The van der Waals surface area contributed by atoms with Crippen LogP contribution in [0.1, 0.15) is 22.3 Å². The summed E-state index contributed by atoms with van der Waals surface area (Å²) >= 11 is 0. The van der Waals surface area contributed by atoms with Gasteiger partial charge in [0.2, 0.25) is 0 Å². The van der Waals surface area contributed by atoms with Crippen LogP contribution >= 0.6 is 0 Å². The van der Waals surface area contributed by atoms with Gasteiger partial charge in [-0.05, 0) is 37.7 Å². The molecule has 4 nitrogen and oxygen atoms in total. The summed E-state index contributed by atoms with van der Waals surface area (Å²) in [5.74, 6) is 0.126. The van der Waals surface area contributed by atoms with E-state index in [-0.39, 0.29) is 5.91 Å². The number of hydrogen-bond donors (Lipinski definition) is 1. The van der Waals surface area contributed by atoms with Crippen molar-refractivity contribution in [1.29, 1.82) is 0 Å². The largest absolute Gasteiger partial charge is 0.337 e. The van der Waals surface area contributed by atoms with Crippen molar-refractivity contribution in [2.45, 2.75) is 13.0 Å². The van der Waals surface area contributed by atoms with Crippen molar-refractivity contribution >= 4 is 5.91 Å². The van der Waals surface area contributed by atoms with Gasteiger partial charge in [-0.2, -0.15) is 0 Å². The van der Waals surface area contributed by atoms with Crippen molar-refractivity contribution in [3.05, 3.63) is 35.4 Å². The first-order chi connectivity index (χ1) is 8.70. The molecule has 1 aliphatic rings. The molecule has 4 heteroatoms. The Morgan fingerprint density at radius 1 is 1.28 bits per heavy atom. The van der Waals surface area contributed by atoms with E-state index >= 15 is 0 Å². The SMILES string of the molecule is CN1CCCN(C(=O)c2cccc(CN)c2)CC1. The highest BCUT2D eigenvalue weighted by atomic mass is 16.2. The fourth-order valence-corrected chi connectivity index (χ4v) is 2.26. The summed E-state index contributed by atoms with van der Waals surface area (Å²) in [5, 5.41) is 0. The third-order valence-electron chi connectivity index (χ3n) is 3.42. The average molecular weight is 247 g/mol. The van der Waals surface area contributed by atoms with E-state index in [0.29, 0.717) is 6.54 Å². The maximum absolute atomic E-state index is 12.4. The van der Waals surface area contributed by atoms with E-state index in [2.05, 4.69) is 11.9 Å². The molecule has 0 bridgehead atoms. The van der Waals surface area contributed by atoms with Gasteiger partial charge in [-0.3, -0.25) is 4.79 Å². The highest BCUT2D eigenvalue weighted by molar-refractivity contribution is 5.94. The molecular weight excluding hydrogens is 226 g/mol. The summed E-state index contributed by atoms with van der Waals surface area (Å²) < 4.78 is 0. The fraction of sp³-hybridized carbons (Fsp3) is 0.500. The van der Waals surface area contributed by atoms with Crippen LogP contribution < -0.4 is 5.73 Å². The molecule has 0 aromatic heterocycles. The van der Waals surface area contributed by atoms with E-state index in [9.17, 15) is 4.79 Å². The van der Waals surface area contributed by atoms with Crippen molar-refractivity contribution < 1.29 is 4.79 Å². The number of carbonyl (C=O) groups is 1. The van der Waals surface area contributed by atoms with Crippen LogP contribution in [0, 0.1) is 0 Å². The molecule has 1 aliphatic heterocycles. The van der Waals surface area contributed by atoms with Gasteiger partial charge in [-0.15, -0.1) is 0 Å². The van der Waals surface area contributed by atoms with Crippen LogP contribution in [0.3, 0.4) is 0 Å². The Kier molecular flexibility index (Phi) is 4.33. The van der Waals surface area contributed by atoms with Gasteiger partial charge in [0.25, 0.3) is 5.91 Å². The van der Waals surface area contributed by atoms with Gasteiger partial charge in [-0.1, -0.05) is 12.1 Å². The van der Waals surface area contributed by atoms with Crippen molar-refractivity contribution in [3.8, 4) is 0 Å². The topological polar surface area (TPSA) is 49.6 Å². The second kappa shape index (κ2) is 5.98. The molecule has 0 aliphatic carbocycles. The quantitative estimate of drug-likeness (QED) is 0.845. The molecule has 0 radical (unpaired) electrons. The summed E-state index contributed by atoms with van der Waals surface area (Å²) in [6.45, 7) is 4.14. The number of rotatable bonds is 2. The first-order valence-electron chi connectivity index (χ1n) is 6.47. The van der Waals surface area contributed by atoms with Crippen LogP contribution in [0.5, 0.6) is 0 Å². The lowest BCUT2D eigenvalue weighted by molar-refractivity contribution is 0.0762. The monoisotopic (exact) mass is 247 g/mol. The Morgan fingerprint density at radius 3 is 2.89 bits per heavy atom. The van der Waals surface area contributed by atoms with E-state index in [0.717, 1.165) is 43.7 Å². The van der Waals surface area contributed by atoms with E-state index < -0.39 is 0 Å². The second-order valence-electron chi connectivity index (χ2n) is 4.85. The Labute approximate surface area is 108 Å². The lowest BCUT2D eigenvalue weighted by atomic mass is 10.1. The molecule has 2 N–H and O–H groups in total. The number of amides is 1. The first-order valence-corrected chi connectivity index (χ1v) is 6.47. The van der Waals surface area contributed by atoms with Gasteiger partial charge in [0.05, 0.1) is 0 Å². The normalized spacial score (nSPS) is 17.6. The Bertz CT molecular complexity index is 419. The number of carbonyl (C=O) groups excluding carboxylic acids is 1. The molecule has 0 unspecified atom stereocenters. The smallest absolute Gasteiger partial charge is 0.253 e. The van der Waals surface area contributed by atoms with Crippen LogP contribution in [-0.2, 0) is 6.54 Å². The highest BCUT2D eigenvalue weighted by Crippen LogP contribution is 2.10. The highest BCUT2D eigenvalue weighted by Gasteiger charge is 2.18. The summed E-state index contributed by atoms with van der Waals surface area (Å²) in [7, 11) is 2.10. The van der Waals surface area contributed by atoms with Crippen LogP contribution in [0.25, 0.3) is 0 Å². The molecule has 0 saturated carbocycles. The van der Waals surface area contributed by atoms with Crippen LogP contribution in [-0.4, -0.2) is 48.9 Å². The minimum atomic E-state index is 0.126. The predicted octanol–water partition coefficient (Wildman–Crippen LogP) is 0.923. The molecule has 1 fully saturated rings. The third-order valence-corrected chi connectivity index (χ3v) is 3.42. The van der Waals surface area contributed by atoms with Gasteiger partial charge in [0.15, 0.2) is 0 Å². The third kappa shape index (κ3) is 3.09. The predicted molar refractivity (Wildman–Crippen MR) is 72.4 cm³/mol. The van der Waals surface area contributed by atoms with Crippen molar-refractivity contribution in [2.24, 2.45) is 5.73 Å². The Morgan fingerprint density at radius 2 is 2.11 bits per heavy atom. The summed E-state index contributed by atoms with van der Waals surface area (Å²) in [6.07, 6.45) is 1.04. The fourth-order valence-electron chi connectivity index (χ4n) is 2.26. The van der Waals surface area contributed by atoms with E-state index in [1.807, 2.05) is 29.2 Å². The van der Waals surface area contributed by atoms with Crippen LogP contribution in [0.2, 0.25) is 0 Å². The van der Waals surface area contributed by atoms with E-state index in [4.69, 9.17) is 5.73 Å². The van der Waals surface area contributed by atoms with Gasteiger partial charge in [-0.25, -0.2) is 0 Å². The van der Waals surface area contributed by atoms with Crippen molar-refractivity contribution in [1.82, 2.24) is 9.80 Å². The Balaban J connectivity index is 2.09. The second-order valence-corrected chi connectivity index (χ2v) is 4.85. The van der Waals surface area contributed by atoms with Crippen LogP contribution in [0.15, 0.2) is 24.3 Å². The molecule has 1 amide bonds. The number of benzene rings is 1. The molecule has 2 rings (SSSR count). The number of hydrogen-bond acceptors (Lipinski definition) is 3. The maximum atomic E-state index is 12.4. The minimum absolute atomic E-state index is 0.126. The van der Waals surface area contributed by atoms with Crippen LogP contribution in [0.4, 0.5) is 0 Å². The van der Waals surface area contributed by atoms with E-state index in [1.165, 1.54) is 0 Å². The maximum Gasteiger partial charge on any atom is 0.253 e. The summed E-state index contributed by atoms with van der Waals surface area (Å²) in [6, 6.07) is 7.62. The molecule has 0 spiro atoms. The first kappa shape index (κ1) is 13.1. The average Bonchev–Trinajstić information content (AvgIpc) is 2.63. The zero-order valence-electron chi connectivity index (χ0n) is 10.9. The van der Waals surface area contributed by atoms with Gasteiger partial charge in [0, 0.05) is 31.7 Å². The molecule has 1 heterocycles. The zero-order valence-corrected chi connectivity index (χ0v) is 10.9. The molecule has 98 valence electrons. The minimum Gasteiger partial charge on any atom is -0.337 e. The van der Waals surface area contributed by atoms with Gasteiger partial charge < -0.3 is 15.5 Å². The standard InChI is InChI=1S/C14H21N3O/c1-16-6-3-7-17(9-8-16)14(18)13-5-2-4-12(10-13)11-15/h2,4-5,10H,3,6-9,11,15H2,1H3. The van der Waals surface area contributed by atoms with Gasteiger partial charge in [0.1, 0.15) is 0 Å². The van der Waals surface area contributed by atoms with Crippen molar-refractivity contribution in [3.63, 3.8) is 0 Å². The molecule has 1 aromatic rings. The lowest BCUT2D eigenvalue weighted by Crippen LogP contribution is -2.34. The number of likely N-dealkylation sites (N-methyl/N-ethyl adjacent to an activating group) is 1. The molecule has 1 aromatic carbocycles. The summed E-state index contributed by atoms with van der Waals surface area (Å²) in [4.78, 5) is 16.6. The van der Waals surface area contributed by atoms with Gasteiger partial charge >= 0.3 is 0 Å². The van der Waals surface area contributed by atoms with E-state index in [1.54, 1.807) is 0 Å². The lowest BCUT2D eigenvalue weighted by Gasteiger charge is -2.20. The molecule has 18 heavy (non-hydrogen) atoms.